The molecule has 2 atom stereocenters. The molecule has 1 aliphatic rings. The zero-order chi connectivity index (χ0) is 7.78. The fourth-order valence-electron chi connectivity index (χ4n) is 0.973. The van der Waals surface area contributed by atoms with Crippen molar-refractivity contribution in [2.45, 2.75) is 24.7 Å². The Morgan fingerprint density at radius 2 is 2.40 bits per heavy atom. The van der Waals surface area contributed by atoms with Gasteiger partial charge in [-0.2, -0.15) is 0 Å². The first kappa shape index (κ1) is 7.20. The maximum absolute atomic E-state index is 12.9. The molecule has 54 valence electrons. The van der Waals surface area contributed by atoms with Gasteiger partial charge in [0.05, 0.1) is 6.42 Å². The Balaban J connectivity index is 2.83. The van der Waals surface area contributed by atoms with E-state index in [2.05, 4.69) is 0 Å². The minimum atomic E-state index is -2.32. The third kappa shape index (κ3) is 0.900. The number of hydrogen-bond acceptors (Lipinski definition) is 1. The molecule has 0 N–H and O–H groups in total. The van der Waals surface area contributed by atoms with Crippen LogP contribution < -0.4 is 0 Å². The number of Topliss-reactive ketones (excluding diaryl/α,β-unsaturated/α-hetero) is 1. The van der Waals surface area contributed by atoms with E-state index in [0.29, 0.717) is 0 Å². The number of ketones is 1. The summed E-state index contributed by atoms with van der Waals surface area (Å²) in [6.45, 7) is 0. The molecule has 1 nitrogen and oxygen atoms in total. The standard InChI is InChI=1S/C7H6F2O/c1-2-7(9)4-5(10)3-6(7)8/h1,6H,3-4H2. The largest absolute Gasteiger partial charge is 0.299 e. The molecule has 0 spiro atoms. The van der Waals surface area contributed by atoms with Crippen molar-refractivity contribution in [3.63, 3.8) is 0 Å². The van der Waals surface area contributed by atoms with Gasteiger partial charge >= 0.3 is 0 Å². The Bertz CT molecular complexity index is 206. The van der Waals surface area contributed by atoms with Crippen LogP contribution in [-0.4, -0.2) is 17.6 Å². The molecule has 1 aliphatic carbocycles. The minimum absolute atomic E-state index is 0.374. The molecular weight excluding hydrogens is 138 g/mol. The van der Waals surface area contributed by atoms with Crippen LogP contribution in [0.4, 0.5) is 8.78 Å². The van der Waals surface area contributed by atoms with Crippen molar-refractivity contribution < 1.29 is 13.6 Å². The second kappa shape index (κ2) is 2.05. The number of rotatable bonds is 0. The predicted octanol–water partition coefficient (Wildman–Crippen LogP) is 1.03. The maximum atomic E-state index is 12.9. The number of carbonyl (C=O) groups is 1. The van der Waals surface area contributed by atoms with Crippen LogP contribution in [0.25, 0.3) is 0 Å². The molecule has 0 saturated heterocycles. The average Bonchev–Trinajstić information content (AvgIpc) is 2.09. The molecule has 2 unspecified atom stereocenters. The summed E-state index contributed by atoms with van der Waals surface area (Å²) in [4.78, 5) is 10.5. The molecule has 0 aliphatic heterocycles. The van der Waals surface area contributed by atoms with Crippen molar-refractivity contribution in [3.8, 4) is 12.3 Å². The highest BCUT2D eigenvalue weighted by Gasteiger charge is 2.47. The highest BCUT2D eigenvalue weighted by Crippen LogP contribution is 2.32. The van der Waals surface area contributed by atoms with Gasteiger partial charge in [0, 0.05) is 6.42 Å². The summed E-state index contributed by atoms with van der Waals surface area (Å²) in [6.07, 6.45) is 2.06. The summed E-state index contributed by atoms with van der Waals surface area (Å²) in [5, 5.41) is 0. The smallest absolute Gasteiger partial charge is 0.208 e. The van der Waals surface area contributed by atoms with E-state index in [0.717, 1.165) is 0 Å². The van der Waals surface area contributed by atoms with Crippen LogP contribution >= 0.6 is 0 Å². The highest BCUT2D eigenvalue weighted by atomic mass is 19.2. The molecule has 0 bridgehead atoms. The van der Waals surface area contributed by atoms with Crippen molar-refractivity contribution in [2.24, 2.45) is 0 Å². The lowest BCUT2D eigenvalue weighted by Gasteiger charge is -2.11. The summed E-state index contributed by atoms with van der Waals surface area (Å²) in [5.74, 6) is 1.22. The summed E-state index contributed by atoms with van der Waals surface area (Å²) in [5.41, 5.74) is -2.32. The molecule has 0 aromatic rings. The van der Waals surface area contributed by atoms with E-state index in [1.165, 1.54) is 0 Å². The average molecular weight is 144 g/mol. The summed E-state index contributed by atoms with van der Waals surface area (Å²) in [7, 11) is 0. The normalized spacial score (nSPS) is 39.7. The Morgan fingerprint density at radius 1 is 1.80 bits per heavy atom. The van der Waals surface area contributed by atoms with Gasteiger partial charge in [-0.05, 0) is 0 Å². The molecule has 1 fully saturated rings. The van der Waals surface area contributed by atoms with Crippen LogP contribution in [0.15, 0.2) is 0 Å². The number of alkyl halides is 2. The first-order valence-electron chi connectivity index (χ1n) is 2.91. The first-order chi connectivity index (χ1) is 4.58. The second-order valence-electron chi connectivity index (χ2n) is 2.39. The van der Waals surface area contributed by atoms with Crippen molar-refractivity contribution in [2.75, 3.05) is 0 Å². The lowest BCUT2D eigenvalue weighted by atomic mass is 10.1. The van der Waals surface area contributed by atoms with Gasteiger partial charge in [-0.25, -0.2) is 8.78 Å². The van der Waals surface area contributed by atoms with Crippen molar-refractivity contribution in [1.82, 2.24) is 0 Å². The van der Waals surface area contributed by atoms with Gasteiger partial charge in [0.1, 0.15) is 5.78 Å². The van der Waals surface area contributed by atoms with Crippen LogP contribution in [0.2, 0.25) is 0 Å². The molecule has 0 aromatic heterocycles. The van der Waals surface area contributed by atoms with Gasteiger partial charge in [-0.15, -0.1) is 6.42 Å². The van der Waals surface area contributed by atoms with Crippen molar-refractivity contribution >= 4 is 5.78 Å². The van der Waals surface area contributed by atoms with E-state index < -0.39 is 24.0 Å². The third-order valence-corrected chi connectivity index (χ3v) is 1.60. The summed E-state index contributed by atoms with van der Waals surface area (Å²) in [6, 6.07) is 0. The van der Waals surface area contributed by atoms with Gasteiger partial charge in [-0.1, -0.05) is 5.92 Å². The SMILES string of the molecule is C#CC1(F)CC(=O)CC1F. The van der Waals surface area contributed by atoms with E-state index in [1.807, 2.05) is 0 Å². The molecule has 1 saturated carbocycles. The first-order valence-corrected chi connectivity index (χ1v) is 2.91. The molecule has 3 heteroatoms. The molecule has 0 aromatic carbocycles. The Hall–Kier alpha value is -0.910. The van der Waals surface area contributed by atoms with Crippen LogP contribution in [0.1, 0.15) is 12.8 Å². The van der Waals surface area contributed by atoms with Gasteiger partial charge < -0.3 is 0 Å². The monoisotopic (exact) mass is 144 g/mol. The number of halogens is 2. The molecule has 10 heavy (non-hydrogen) atoms. The molecule has 0 radical (unpaired) electrons. The number of hydrogen-bond donors (Lipinski definition) is 0. The van der Waals surface area contributed by atoms with Crippen molar-refractivity contribution in [3.05, 3.63) is 0 Å². The maximum Gasteiger partial charge on any atom is 0.208 e. The topological polar surface area (TPSA) is 17.1 Å². The highest BCUT2D eigenvalue weighted by molar-refractivity contribution is 5.84. The van der Waals surface area contributed by atoms with Gasteiger partial charge in [0.15, 0.2) is 6.17 Å². The third-order valence-electron chi connectivity index (χ3n) is 1.60. The van der Waals surface area contributed by atoms with Gasteiger partial charge in [0.2, 0.25) is 5.67 Å². The Labute approximate surface area is 57.4 Å². The van der Waals surface area contributed by atoms with Gasteiger partial charge in [0.25, 0.3) is 0 Å². The lowest BCUT2D eigenvalue weighted by molar-refractivity contribution is -0.117. The van der Waals surface area contributed by atoms with Gasteiger partial charge in [-0.3, -0.25) is 4.79 Å². The van der Waals surface area contributed by atoms with E-state index in [9.17, 15) is 13.6 Å². The van der Waals surface area contributed by atoms with Crippen LogP contribution in [0.3, 0.4) is 0 Å². The zero-order valence-electron chi connectivity index (χ0n) is 5.23. The Kier molecular flexibility index (Phi) is 1.47. The van der Waals surface area contributed by atoms with E-state index >= 15 is 0 Å². The second-order valence-corrected chi connectivity index (χ2v) is 2.39. The molecule has 0 amide bonds. The van der Waals surface area contributed by atoms with E-state index in [4.69, 9.17) is 6.42 Å². The van der Waals surface area contributed by atoms with E-state index in [-0.39, 0.29) is 6.42 Å². The fraction of sp³-hybridized carbons (Fsp3) is 0.571. The Morgan fingerprint density at radius 3 is 2.60 bits per heavy atom. The van der Waals surface area contributed by atoms with Crippen molar-refractivity contribution in [1.29, 1.82) is 0 Å². The molecular formula is C7H6F2O. The van der Waals surface area contributed by atoms with Crippen LogP contribution in [0, 0.1) is 12.3 Å². The fourth-order valence-corrected chi connectivity index (χ4v) is 0.973. The zero-order valence-corrected chi connectivity index (χ0v) is 5.23. The predicted molar refractivity (Wildman–Crippen MR) is 31.8 cm³/mol. The number of carbonyl (C=O) groups excluding carboxylic acids is 1. The van der Waals surface area contributed by atoms with Crippen LogP contribution in [-0.2, 0) is 4.79 Å². The summed E-state index contributed by atoms with van der Waals surface area (Å²) < 4.78 is 25.3. The summed E-state index contributed by atoms with van der Waals surface area (Å²) >= 11 is 0. The van der Waals surface area contributed by atoms with Crippen LogP contribution in [0.5, 0.6) is 0 Å². The molecule has 0 heterocycles. The van der Waals surface area contributed by atoms with E-state index in [1.54, 1.807) is 5.92 Å². The minimum Gasteiger partial charge on any atom is -0.299 e. The quantitative estimate of drug-likeness (QED) is 0.464. The molecule has 1 rings (SSSR count). The lowest BCUT2D eigenvalue weighted by Crippen LogP contribution is -2.26. The number of terminal acetylenes is 1.